The molecule has 1 aliphatic heterocycles. The highest BCUT2D eigenvalue weighted by Crippen LogP contribution is 2.67. The summed E-state index contributed by atoms with van der Waals surface area (Å²) in [5.74, 6) is 0.920. The number of carbonyl (C=O) groups is 1. The van der Waals surface area contributed by atoms with Crippen molar-refractivity contribution < 1.29 is 19.6 Å². The summed E-state index contributed by atoms with van der Waals surface area (Å²) in [6.45, 7) is 6.30. The fraction of sp³-hybridized carbons (Fsp3) is 0.708. The maximum atomic E-state index is 12.8. The minimum Gasteiger partial charge on any atom is -0.502 e. The van der Waals surface area contributed by atoms with Crippen LogP contribution in [0, 0.1) is 32.8 Å². The second-order valence-corrected chi connectivity index (χ2v) is 11.0. The van der Waals surface area contributed by atoms with Crippen molar-refractivity contribution in [1.29, 1.82) is 0 Å². The Morgan fingerprint density at radius 2 is 1.87 bits per heavy atom. The number of benzene rings is 1. The third-order valence-electron chi connectivity index (χ3n) is 9.30. The zero-order valence-corrected chi connectivity index (χ0v) is 18.1. The molecule has 1 saturated heterocycles. The van der Waals surface area contributed by atoms with Crippen LogP contribution in [0.2, 0.25) is 0 Å². The van der Waals surface area contributed by atoms with Crippen LogP contribution in [0.25, 0.3) is 0 Å². The number of nitro benzene ring substituents is 1. The van der Waals surface area contributed by atoms with Gasteiger partial charge >= 0.3 is 11.7 Å². The minimum atomic E-state index is -0.486. The predicted octanol–water partition coefficient (Wildman–Crippen LogP) is 5.26. The Bertz CT molecular complexity index is 940. The van der Waals surface area contributed by atoms with Crippen molar-refractivity contribution in [2.45, 2.75) is 83.7 Å². The average Bonchev–Trinajstić information content (AvgIpc) is 2.97. The lowest BCUT2D eigenvalue weighted by molar-refractivity contribution is -0.386. The van der Waals surface area contributed by atoms with Gasteiger partial charge in [-0.1, -0.05) is 6.92 Å². The van der Waals surface area contributed by atoms with E-state index < -0.39 is 10.3 Å². The van der Waals surface area contributed by atoms with Gasteiger partial charge in [0, 0.05) is 11.5 Å². The fourth-order valence-corrected chi connectivity index (χ4v) is 7.40. The van der Waals surface area contributed by atoms with Gasteiger partial charge in [0.05, 0.1) is 10.3 Å². The molecule has 0 aromatic heterocycles. The summed E-state index contributed by atoms with van der Waals surface area (Å²) >= 11 is 0. The molecule has 0 amide bonds. The zero-order valence-electron chi connectivity index (χ0n) is 18.1. The topological polar surface area (TPSA) is 89.7 Å². The number of phenolic OH excluding ortho intramolecular Hbond substituents is 1. The maximum absolute atomic E-state index is 12.8. The number of nitrogens with zero attached hydrogens (tertiary/aromatic N) is 1. The number of carbonyl (C=O) groups excluding carboxylic acids is 1. The van der Waals surface area contributed by atoms with Crippen LogP contribution in [0.1, 0.15) is 82.8 Å². The van der Waals surface area contributed by atoms with Gasteiger partial charge in [0.2, 0.25) is 0 Å². The van der Waals surface area contributed by atoms with Crippen LogP contribution in [0.5, 0.6) is 5.75 Å². The Hall–Kier alpha value is -2.11. The van der Waals surface area contributed by atoms with Gasteiger partial charge in [-0.25, -0.2) is 0 Å². The first-order chi connectivity index (χ1) is 14.1. The number of nitro groups is 1. The van der Waals surface area contributed by atoms with Gasteiger partial charge in [0.25, 0.3) is 0 Å². The highest BCUT2D eigenvalue weighted by molar-refractivity contribution is 5.77. The summed E-state index contributed by atoms with van der Waals surface area (Å²) in [6.07, 6.45) is 7.60. The molecular formula is C24H31NO5. The first-order valence-corrected chi connectivity index (χ1v) is 11.3. The van der Waals surface area contributed by atoms with E-state index in [9.17, 15) is 20.0 Å². The molecule has 1 heterocycles. The largest absolute Gasteiger partial charge is 0.502 e. The number of hydrogen-bond acceptors (Lipinski definition) is 5. The molecule has 30 heavy (non-hydrogen) atoms. The number of hydrogen-bond donors (Lipinski definition) is 1. The van der Waals surface area contributed by atoms with E-state index in [2.05, 4.69) is 6.92 Å². The maximum Gasteiger partial charge on any atom is 0.312 e. The quantitative estimate of drug-likeness (QED) is 0.385. The number of phenols is 1. The Morgan fingerprint density at radius 1 is 1.10 bits per heavy atom. The van der Waals surface area contributed by atoms with E-state index in [4.69, 9.17) is 4.74 Å². The first-order valence-electron chi connectivity index (χ1n) is 11.3. The molecule has 5 atom stereocenters. The van der Waals surface area contributed by atoms with Crippen LogP contribution in [-0.4, -0.2) is 21.6 Å². The van der Waals surface area contributed by atoms with Gasteiger partial charge in [-0.3, -0.25) is 14.9 Å². The molecule has 2 saturated carbocycles. The molecule has 1 aromatic carbocycles. The molecule has 6 nitrogen and oxygen atoms in total. The molecule has 0 bridgehead atoms. The molecule has 5 rings (SSSR count). The van der Waals surface area contributed by atoms with Crippen molar-refractivity contribution in [1.82, 2.24) is 0 Å². The lowest BCUT2D eigenvalue weighted by atomic mass is 9.52. The number of ether oxygens (including phenoxy) is 1. The number of rotatable bonds is 1. The lowest BCUT2D eigenvalue weighted by Crippen LogP contribution is -2.56. The first kappa shape index (κ1) is 19.8. The Balaban J connectivity index is 1.48. The van der Waals surface area contributed by atoms with E-state index in [0.29, 0.717) is 11.8 Å². The molecule has 3 aliphatic carbocycles. The van der Waals surface area contributed by atoms with Crippen molar-refractivity contribution in [3.05, 3.63) is 33.4 Å². The van der Waals surface area contributed by atoms with Crippen molar-refractivity contribution >= 4 is 11.7 Å². The average molecular weight is 414 g/mol. The second kappa shape index (κ2) is 6.21. The van der Waals surface area contributed by atoms with Crippen LogP contribution in [-0.2, 0) is 16.0 Å². The number of aromatic hydroxyl groups is 1. The van der Waals surface area contributed by atoms with Gasteiger partial charge < -0.3 is 9.84 Å². The number of aryl methyl sites for hydroxylation is 1. The molecule has 0 unspecified atom stereocenters. The van der Waals surface area contributed by atoms with Crippen LogP contribution in [0.15, 0.2) is 12.1 Å². The van der Waals surface area contributed by atoms with E-state index in [1.807, 2.05) is 13.8 Å². The summed E-state index contributed by atoms with van der Waals surface area (Å²) < 4.78 is 6.28. The monoisotopic (exact) mass is 413 g/mol. The minimum absolute atomic E-state index is 0.0271. The lowest BCUT2D eigenvalue weighted by Gasteiger charge is -2.56. The highest BCUT2D eigenvalue weighted by atomic mass is 16.6. The van der Waals surface area contributed by atoms with Crippen molar-refractivity contribution in [3.63, 3.8) is 0 Å². The normalized spacial score (nSPS) is 39.0. The van der Waals surface area contributed by atoms with Gasteiger partial charge in [0.15, 0.2) is 5.75 Å². The van der Waals surface area contributed by atoms with E-state index in [0.717, 1.165) is 62.5 Å². The molecule has 1 spiro atoms. The van der Waals surface area contributed by atoms with Gasteiger partial charge in [-0.05, 0) is 100 Å². The summed E-state index contributed by atoms with van der Waals surface area (Å²) in [6, 6.07) is 3.23. The Kier molecular flexibility index (Phi) is 4.10. The van der Waals surface area contributed by atoms with E-state index >= 15 is 0 Å². The van der Waals surface area contributed by atoms with E-state index in [1.54, 1.807) is 12.1 Å². The van der Waals surface area contributed by atoms with Gasteiger partial charge in [-0.2, -0.15) is 0 Å². The summed E-state index contributed by atoms with van der Waals surface area (Å²) in [5.41, 5.74) is 1.15. The Labute approximate surface area is 177 Å². The molecule has 4 aliphatic rings. The summed E-state index contributed by atoms with van der Waals surface area (Å²) in [4.78, 5) is 23.7. The predicted molar refractivity (Wildman–Crippen MR) is 111 cm³/mol. The summed E-state index contributed by atoms with van der Waals surface area (Å²) in [5, 5.41) is 21.5. The zero-order chi connectivity index (χ0) is 21.5. The highest BCUT2D eigenvalue weighted by Gasteiger charge is 2.65. The van der Waals surface area contributed by atoms with Gasteiger partial charge in [-0.15, -0.1) is 0 Å². The third-order valence-corrected chi connectivity index (χ3v) is 9.30. The van der Waals surface area contributed by atoms with Crippen molar-refractivity contribution in [3.8, 4) is 5.75 Å². The third kappa shape index (κ3) is 2.51. The SMILES string of the molecule is CC1(C)CC[C@@]2(CC[C@H]3[C@@H]4CCc5cc(O)c([N+](=O)[O-])cc5[C@H]4CC[C@@]32C)OC1=O. The van der Waals surface area contributed by atoms with Gasteiger partial charge in [0.1, 0.15) is 5.60 Å². The molecule has 6 heteroatoms. The fourth-order valence-electron chi connectivity index (χ4n) is 7.40. The number of esters is 1. The molecule has 1 aromatic rings. The second-order valence-electron chi connectivity index (χ2n) is 11.0. The van der Waals surface area contributed by atoms with Crippen LogP contribution < -0.4 is 0 Å². The molecule has 0 radical (unpaired) electrons. The van der Waals surface area contributed by atoms with E-state index in [1.165, 1.54) is 0 Å². The van der Waals surface area contributed by atoms with Crippen molar-refractivity contribution in [2.75, 3.05) is 0 Å². The van der Waals surface area contributed by atoms with Crippen LogP contribution in [0.3, 0.4) is 0 Å². The molecule has 3 fully saturated rings. The number of fused-ring (bicyclic) bond motifs is 6. The molecule has 1 N–H and O–H groups in total. The van der Waals surface area contributed by atoms with Crippen LogP contribution in [0.4, 0.5) is 5.69 Å². The molecule has 162 valence electrons. The standard InChI is InChI=1S/C24H31NO5/c1-22(2)10-11-24(30-21(22)27)9-7-18-16-5-4-14-12-20(26)19(25(28)29)13-17(14)15(16)6-8-23(18,24)3/h12-13,15-16,18,26H,4-11H2,1-3H3/t15-,16+,18-,23-,24+/m0/s1. The van der Waals surface area contributed by atoms with Crippen LogP contribution >= 0.6 is 0 Å². The smallest absolute Gasteiger partial charge is 0.312 e. The van der Waals surface area contributed by atoms with Crippen molar-refractivity contribution in [2.24, 2.45) is 22.7 Å². The molecular weight excluding hydrogens is 382 g/mol. The Morgan fingerprint density at radius 3 is 2.57 bits per heavy atom. The van der Waals surface area contributed by atoms with E-state index in [-0.39, 0.29) is 34.3 Å². The summed E-state index contributed by atoms with van der Waals surface area (Å²) in [7, 11) is 0.